The fourth-order valence-corrected chi connectivity index (χ4v) is 1.57. The van der Waals surface area contributed by atoms with Gasteiger partial charge in [-0.05, 0) is 18.2 Å². The summed E-state index contributed by atoms with van der Waals surface area (Å²) >= 11 is 3.40. The highest BCUT2D eigenvalue weighted by Crippen LogP contribution is 2.24. The highest BCUT2D eigenvalue weighted by Gasteiger charge is 2.03. The highest BCUT2D eigenvalue weighted by molar-refractivity contribution is 9.10. The normalized spacial score (nSPS) is 10.8. The predicted octanol–water partition coefficient (Wildman–Crippen LogP) is 2.65. The van der Waals surface area contributed by atoms with Crippen molar-refractivity contribution in [3.05, 3.63) is 34.5 Å². The van der Waals surface area contributed by atoms with Gasteiger partial charge in [0.1, 0.15) is 5.58 Å². The number of hydrogen-bond acceptors (Lipinski definition) is 2. The Bertz CT molecular complexity index is 408. The molecule has 0 bridgehead atoms. The highest BCUT2D eigenvalue weighted by atomic mass is 79.9. The van der Waals surface area contributed by atoms with E-state index in [0.717, 1.165) is 21.0 Å². The molecule has 3 heteroatoms. The van der Waals surface area contributed by atoms with Crippen molar-refractivity contribution >= 4 is 26.9 Å². The van der Waals surface area contributed by atoms with E-state index in [2.05, 4.69) is 15.9 Å². The Morgan fingerprint density at radius 1 is 1.42 bits per heavy atom. The van der Waals surface area contributed by atoms with Crippen molar-refractivity contribution in [2.75, 3.05) is 0 Å². The molecule has 2 rings (SSSR count). The standard InChI is InChI=1S/C9H8BrNO/c10-7-1-2-9-8(3-7)6(4-11)5-12-9/h1-3,5H,4,11H2. The topological polar surface area (TPSA) is 39.2 Å². The summed E-state index contributed by atoms with van der Waals surface area (Å²) in [5.41, 5.74) is 7.47. The van der Waals surface area contributed by atoms with Gasteiger partial charge < -0.3 is 10.2 Å². The second kappa shape index (κ2) is 2.92. The molecule has 0 aliphatic heterocycles. The minimum atomic E-state index is 0.517. The molecule has 0 aliphatic carbocycles. The number of halogens is 1. The van der Waals surface area contributed by atoms with Crippen molar-refractivity contribution in [2.45, 2.75) is 6.54 Å². The molecule has 1 aromatic heterocycles. The molecule has 2 aromatic rings. The minimum absolute atomic E-state index is 0.517. The molecular formula is C9H8BrNO. The van der Waals surface area contributed by atoms with Crippen LogP contribution < -0.4 is 5.73 Å². The van der Waals surface area contributed by atoms with Gasteiger partial charge in [-0.25, -0.2) is 0 Å². The third-order valence-electron chi connectivity index (χ3n) is 1.84. The van der Waals surface area contributed by atoms with Crippen LogP contribution in [0.4, 0.5) is 0 Å². The molecule has 2 N–H and O–H groups in total. The van der Waals surface area contributed by atoms with Crippen molar-refractivity contribution in [1.29, 1.82) is 0 Å². The molecular weight excluding hydrogens is 218 g/mol. The van der Waals surface area contributed by atoms with Gasteiger partial charge in [0.25, 0.3) is 0 Å². The molecule has 2 nitrogen and oxygen atoms in total. The molecule has 1 heterocycles. The van der Waals surface area contributed by atoms with Gasteiger partial charge in [-0.3, -0.25) is 0 Å². The fourth-order valence-electron chi connectivity index (χ4n) is 1.21. The van der Waals surface area contributed by atoms with E-state index in [1.807, 2.05) is 18.2 Å². The number of benzene rings is 1. The number of nitrogens with two attached hydrogens (primary N) is 1. The lowest BCUT2D eigenvalue weighted by molar-refractivity contribution is 0.610. The quantitative estimate of drug-likeness (QED) is 0.811. The maximum atomic E-state index is 5.54. The second-order valence-electron chi connectivity index (χ2n) is 2.61. The van der Waals surface area contributed by atoms with E-state index in [9.17, 15) is 0 Å². The van der Waals surface area contributed by atoms with Crippen molar-refractivity contribution in [3.63, 3.8) is 0 Å². The van der Waals surface area contributed by atoms with Gasteiger partial charge in [-0.15, -0.1) is 0 Å². The second-order valence-corrected chi connectivity index (χ2v) is 3.52. The summed E-state index contributed by atoms with van der Waals surface area (Å²) in [5.74, 6) is 0. The van der Waals surface area contributed by atoms with Crippen LogP contribution in [0.3, 0.4) is 0 Å². The van der Waals surface area contributed by atoms with E-state index in [0.29, 0.717) is 6.54 Å². The van der Waals surface area contributed by atoms with Crippen LogP contribution in [0.25, 0.3) is 11.0 Å². The minimum Gasteiger partial charge on any atom is -0.464 e. The first-order valence-corrected chi connectivity index (χ1v) is 4.46. The predicted molar refractivity (Wildman–Crippen MR) is 51.8 cm³/mol. The summed E-state index contributed by atoms with van der Waals surface area (Å²) in [5, 5.41) is 1.09. The molecule has 0 aliphatic rings. The van der Waals surface area contributed by atoms with Crippen molar-refractivity contribution in [1.82, 2.24) is 0 Å². The largest absolute Gasteiger partial charge is 0.464 e. The number of hydrogen-bond donors (Lipinski definition) is 1. The van der Waals surface area contributed by atoms with Gasteiger partial charge in [0.2, 0.25) is 0 Å². The van der Waals surface area contributed by atoms with Crippen LogP contribution in [0, 0.1) is 0 Å². The molecule has 0 saturated carbocycles. The van der Waals surface area contributed by atoms with Gasteiger partial charge >= 0.3 is 0 Å². The molecule has 0 unspecified atom stereocenters. The van der Waals surface area contributed by atoms with Gasteiger partial charge in [0, 0.05) is 22.0 Å². The molecule has 1 aromatic carbocycles. The molecule has 0 radical (unpaired) electrons. The smallest absolute Gasteiger partial charge is 0.134 e. The Hall–Kier alpha value is -0.800. The van der Waals surface area contributed by atoms with Gasteiger partial charge in [0.05, 0.1) is 6.26 Å². The average Bonchev–Trinajstić information content (AvgIpc) is 2.46. The van der Waals surface area contributed by atoms with Gasteiger partial charge in [-0.1, -0.05) is 15.9 Å². The lowest BCUT2D eigenvalue weighted by Gasteiger charge is -1.92. The van der Waals surface area contributed by atoms with E-state index in [1.165, 1.54) is 0 Å². The number of furan rings is 1. The Balaban J connectivity index is 2.75. The Morgan fingerprint density at radius 3 is 3.00 bits per heavy atom. The summed E-state index contributed by atoms with van der Waals surface area (Å²) in [6.45, 7) is 0.517. The lowest BCUT2D eigenvalue weighted by atomic mass is 10.2. The monoisotopic (exact) mass is 225 g/mol. The summed E-state index contributed by atoms with van der Waals surface area (Å²) < 4.78 is 6.34. The van der Waals surface area contributed by atoms with Crippen LogP contribution in [-0.4, -0.2) is 0 Å². The number of fused-ring (bicyclic) bond motifs is 1. The molecule has 0 atom stereocenters. The molecule has 12 heavy (non-hydrogen) atoms. The molecule has 0 amide bonds. The van der Waals surface area contributed by atoms with Crippen LogP contribution in [0.15, 0.2) is 33.4 Å². The van der Waals surface area contributed by atoms with Gasteiger partial charge in [-0.2, -0.15) is 0 Å². The first-order chi connectivity index (χ1) is 5.81. The zero-order valence-electron chi connectivity index (χ0n) is 6.38. The van der Waals surface area contributed by atoms with Crippen LogP contribution >= 0.6 is 15.9 Å². The van der Waals surface area contributed by atoms with Crippen LogP contribution in [0.1, 0.15) is 5.56 Å². The Kier molecular flexibility index (Phi) is 1.90. The van der Waals surface area contributed by atoms with Crippen molar-refractivity contribution in [3.8, 4) is 0 Å². The lowest BCUT2D eigenvalue weighted by Crippen LogP contribution is -1.93. The van der Waals surface area contributed by atoms with E-state index in [1.54, 1.807) is 6.26 Å². The maximum absolute atomic E-state index is 5.54. The molecule has 0 spiro atoms. The van der Waals surface area contributed by atoms with E-state index >= 15 is 0 Å². The van der Waals surface area contributed by atoms with E-state index in [-0.39, 0.29) is 0 Å². The van der Waals surface area contributed by atoms with Crippen molar-refractivity contribution < 1.29 is 4.42 Å². The summed E-state index contributed by atoms with van der Waals surface area (Å²) in [6, 6.07) is 5.89. The molecule has 62 valence electrons. The first kappa shape index (κ1) is 7.83. The molecule has 0 fully saturated rings. The van der Waals surface area contributed by atoms with E-state index < -0.39 is 0 Å². The zero-order valence-corrected chi connectivity index (χ0v) is 7.97. The third-order valence-corrected chi connectivity index (χ3v) is 2.33. The third kappa shape index (κ3) is 1.15. The first-order valence-electron chi connectivity index (χ1n) is 3.67. The van der Waals surface area contributed by atoms with Crippen LogP contribution in [0.2, 0.25) is 0 Å². The summed E-state index contributed by atoms with van der Waals surface area (Å²) in [4.78, 5) is 0. The van der Waals surface area contributed by atoms with Gasteiger partial charge in [0.15, 0.2) is 0 Å². The van der Waals surface area contributed by atoms with Crippen LogP contribution in [0.5, 0.6) is 0 Å². The fraction of sp³-hybridized carbons (Fsp3) is 0.111. The SMILES string of the molecule is NCc1coc2ccc(Br)cc12. The molecule has 0 saturated heterocycles. The summed E-state index contributed by atoms with van der Waals surface area (Å²) in [6.07, 6.45) is 1.71. The Labute approximate surface area is 78.5 Å². The summed E-state index contributed by atoms with van der Waals surface area (Å²) in [7, 11) is 0. The number of rotatable bonds is 1. The zero-order chi connectivity index (χ0) is 8.55. The average molecular weight is 226 g/mol. The van der Waals surface area contributed by atoms with E-state index in [4.69, 9.17) is 10.2 Å². The van der Waals surface area contributed by atoms with Crippen LogP contribution in [-0.2, 0) is 6.54 Å². The van der Waals surface area contributed by atoms with Crippen molar-refractivity contribution in [2.24, 2.45) is 5.73 Å². The Morgan fingerprint density at radius 2 is 2.25 bits per heavy atom. The maximum Gasteiger partial charge on any atom is 0.134 e.